The van der Waals surface area contributed by atoms with Gasteiger partial charge >= 0.3 is 0 Å². The summed E-state index contributed by atoms with van der Waals surface area (Å²) in [4.78, 5) is 12.1. The van der Waals surface area contributed by atoms with Gasteiger partial charge in [0.25, 0.3) is 5.91 Å². The number of hydrogen-bond acceptors (Lipinski definition) is 3. The predicted octanol–water partition coefficient (Wildman–Crippen LogP) is 3.84. The summed E-state index contributed by atoms with van der Waals surface area (Å²) in [5.41, 5.74) is 6.90. The predicted molar refractivity (Wildman–Crippen MR) is 81.8 cm³/mol. The second-order valence-electron chi connectivity index (χ2n) is 4.04. The summed E-state index contributed by atoms with van der Waals surface area (Å²) < 4.78 is 5.16. The van der Waals surface area contributed by atoms with Crippen molar-refractivity contribution >= 4 is 40.5 Å². The number of carbonyl (C=O) groups excluding carboxylic acids is 1. The van der Waals surface area contributed by atoms with Crippen molar-refractivity contribution in [2.75, 3.05) is 18.2 Å². The van der Waals surface area contributed by atoms with Crippen LogP contribution >= 0.6 is 23.2 Å². The largest absolute Gasteiger partial charge is 0.495 e. The molecular weight excluding hydrogens is 299 g/mol. The smallest absolute Gasteiger partial charge is 0.255 e. The first-order valence-electron chi connectivity index (χ1n) is 5.71. The van der Waals surface area contributed by atoms with E-state index < -0.39 is 0 Å². The van der Waals surface area contributed by atoms with Crippen molar-refractivity contribution in [2.24, 2.45) is 0 Å². The molecule has 104 valence electrons. The number of carbonyl (C=O) groups is 1. The molecule has 0 unspecified atom stereocenters. The minimum atomic E-state index is -0.325. The maximum Gasteiger partial charge on any atom is 0.255 e. The van der Waals surface area contributed by atoms with Crippen LogP contribution in [0, 0.1) is 0 Å². The Bertz CT molecular complexity index is 660. The Morgan fingerprint density at radius 1 is 1.20 bits per heavy atom. The van der Waals surface area contributed by atoms with E-state index in [9.17, 15) is 4.79 Å². The van der Waals surface area contributed by atoms with Crippen LogP contribution in [0.2, 0.25) is 10.0 Å². The lowest BCUT2D eigenvalue weighted by molar-refractivity contribution is 0.102. The second-order valence-corrected chi connectivity index (χ2v) is 4.88. The van der Waals surface area contributed by atoms with Gasteiger partial charge in [-0.2, -0.15) is 0 Å². The number of nitrogens with two attached hydrogens (primary N) is 1. The fourth-order valence-corrected chi connectivity index (χ4v) is 1.95. The quantitative estimate of drug-likeness (QED) is 0.847. The summed E-state index contributed by atoms with van der Waals surface area (Å²) in [6.07, 6.45) is 0. The van der Waals surface area contributed by atoms with Crippen LogP contribution in [0.15, 0.2) is 36.4 Å². The SMILES string of the molecule is COc1ccc(Cl)cc1NC(=O)c1ccc(Cl)c(N)c1. The Kier molecular flexibility index (Phi) is 4.37. The molecule has 0 aliphatic heterocycles. The highest BCUT2D eigenvalue weighted by Gasteiger charge is 2.11. The minimum absolute atomic E-state index is 0.325. The normalized spacial score (nSPS) is 10.2. The molecule has 20 heavy (non-hydrogen) atoms. The molecule has 2 rings (SSSR count). The summed E-state index contributed by atoms with van der Waals surface area (Å²) in [7, 11) is 1.51. The second kappa shape index (κ2) is 6.03. The summed E-state index contributed by atoms with van der Waals surface area (Å²) in [5, 5.41) is 3.62. The molecule has 2 aromatic carbocycles. The summed E-state index contributed by atoms with van der Waals surface area (Å²) in [6.45, 7) is 0. The lowest BCUT2D eigenvalue weighted by Crippen LogP contribution is -2.13. The Morgan fingerprint density at radius 2 is 1.95 bits per heavy atom. The molecule has 0 aliphatic carbocycles. The standard InChI is InChI=1S/C14H12Cl2N2O2/c1-20-13-5-3-9(15)7-12(13)18-14(19)8-2-4-10(16)11(17)6-8/h2-7H,17H2,1H3,(H,18,19). The molecular formula is C14H12Cl2N2O2. The lowest BCUT2D eigenvalue weighted by atomic mass is 10.2. The first-order chi connectivity index (χ1) is 9.51. The van der Waals surface area contributed by atoms with Crippen LogP contribution in [-0.4, -0.2) is 13.0 Å². The van der Waals surface area contributed by atoms with E-state index in [2.05, 4.69) is 5.32 Å². The van der Waals surface area contributed by atoms with Gasteiger partial charge in [0.2, 0.25) is 0 Å². The number of benzene rings is 2. The van der Waals surface area contributed by atoms with E-state index in [1.807, 2.05) is 0 Å². The average molecular weight is 311 g/mol. The molecule has 1 amide bonds. The van der Waals surface area contributed by atoms with E-state index >= 15 is 0 Å². The summed E-state index contributed by atoms with van der Waals surface area (Å²) >= 11 is 11.7. The molecule has 0 aliphatic rings. The maximum atomic E-state index is 12.1. The van der Waals surface area contributed by atoms with Gasteiger partial charge in [-0.15, -0.1) is 0 Å². The zero-order valence-corrected chi connectivity index (χ0v) is 12.1. The number of amides is 1. The lowest BCUT2D eigenvalue weighted by Gasteiger charge is -2.11. The zero-order valence-electron chi connectivity index (χ0n) is 10.6. The topological polar surface area (TPSA) is 64.3 Å². The van der Waals surface area contributed by atoms with E-state index in [1.165, 1.54) is 13.2 Å². The molecule has 3 N–H and O–H groups in total. The van der Waals surface area contributed by atoms with E-state index in [-0.39, 0.29) is 5.91 Å². The molecule has 0 heterocycles. The number of rotatable bonds is 3. The third-order valence-electron chi connectivity index (χ3n) is 2.67. The number of anilines is 2. The van der Waals surface area contributed by atoms with E-state index in [0.717, 1.165) is 0 Å². The molecule has 0 radical (unpaired) electrons. The highest BCUT2D eigenvalue weighted by Crippen LogP contribution is 2.28. The molecule has 0 fully saturated rings. The highest BCUT2D eigenvalue weighted by molar-refractivity contribution is 6.33. The molecule has 0 saturated heterocycles. The number of hydrogen-bond donors (Lipinski definition) is 2. The summed E-state index contributed by atoms with van der Waals surface area (Å²) in [6, 6.07) is 9.63. The van der Waals surface area contributed by atoms with Crippen molar-refractivity contribution in [3.8, 4) is 5.75 Å². The van der Waals surface area contributed by atoms with Crippen molar-refractivity contribution in [3.63, 3.8) is 0 Å². The van der Waals surface area contributed by atoms with Gasteiger partial charge in [0.05, 0.1) is 23.5 Å². The number of methoxy groups -OCH3 is 1. The van der Waals surface area contributed by atoms with Gasteiger partial charge in [0.1, 0.15) is 5.75 Å². The highest BCUT2D eigenvalue weighted by atomic mass is 35.5. The van der Waals surface area contributed by atoms with Gasteiger partial charge in [0.15, 0.2) is 0 Å². The number of ether oxygens (including phenoxy) is 1. The fourth-order valence-electron chi connectivity index (χ4n) is 1.66. The van der Waals surface area contributed by atoms with Crippen molar-refractivity contribution in [1.82, 2.24) is 0 Å². The first kappa shape index (κ1) is 14.5. The third-order valence-corrected chi connectivity index (χ3v) is 3.25. The molecule has 0 bridgehead atoms. The number of halogens is 2. The number of nitrogen functional groups attached to an aromatic ring is 1. The van der Waals surface area contributed by atoms with Crippen LogP contribution < -0.4 is 15.8 Å². The van der Waals surface area contributed by atoms with Crippen LogP contribution in [0.5, 0.6) is 5.75 Å². The molecule has 0 spiro atoms. The Labute approximate surface area is 126 Å². The molecule has 4 nitrogen and oxygen atoms in total. The average Bonchev–Trinajstić information content (AvgIpc) is 2.42. The Morgan fingerprint density at radius 3 is 2.60 bits per heavy atom. The van der Waals surface area contributed by atoms with Crippen molar-refractivity contribution in [3.05, 3.63) is 52.0 Å². The molecule has 0 atom stereocenters. The van der Waals surface area contributed by atoms with E-state index in [0.29, 0.717) is 32.7 Å². The van der Waals surface area contributed by atoms with Crippen LogP contribution in [-0.2, 0) is 0 Å². The molecule has 0 saturated carbocycles. The van der Waals surface area contributed by atoms with Gasteiger partial charge in [-0.3, -0.25) is 4.79 Å². The van der Waals surface area contributed by atoms with Gasteiger partial charge < -0.3 is 15.8 Å². The molecule has 0 aromatic heterocycles. The van der Waals surface area contributed by atoms with Crippen molar-refractivity contribution in [2.45, 2.75) is 0 Å². The van der Waals surface area contributed by atoms with Crippen molar-refractivity contribution in [1.29, 1.82) is 0 Å². The number of nitrogens with one attached hydrogen (secondary N) is 1. The van der Waals surface area contributed by atoms with Crippen LogP contribution in [0.25, 0.3) is 0 Å². The Balaban J connectivity index is 2.27. The molecule has 6 heteroatoms. The third kappa shape index (κ3) is 3.15. The zero-order chi connectivity index (χ0) is 14.7. The van der Waals surface area contributed by atoms with Crippen LogP contribution in [0.1, 0.15) is 10.4 Å². The first-order valence-corrected chi connectivity index (χ1v) is 6.47. The van der Waals surface area contributed by atoms with Gasteiger partial charge in [0, 0.05) is 10.6 Å². The van der Waals surface area contributed by atoms with Gasteiger partial charge in [-0.1, -0.05) is 23.2 Å². The molecule has 2 aromatic rings. The van der Waals surface area contributed by atoms with E-state index in [4.69, 9.17) is 33.7 Å². The fraction of sp³-hybridized carbons (Fsp3) is 0.0714. The van der Waals surface area contributed by atoms with E-state index in [1.54, 1.807) is 30.3 Å². The monoisotopic (exact) mass is 310 g/mol. The minimum Gasteiger partial charge on any atom is -0.495 e. The van der Waals surface area contributed by atoms with Gasteiger partial charge in [-0.25, -0.2) is 0 Å². The van der Waals surface area contributed by atoms with Gasteiger partial charge in [-0.05, 0) is 36.4 Å². The van der Waals surface area contributed by atoms with Crippen LogP contribution in [0.4, 0.5) is 11.4 Å². The van der Waals surface area contributed by atoms with Crippen LogP contribution in [0.3, 0.4) is 0 Å². The Hall–Kier alpha value is -1.91. The maximum absolute atomic E-state index is 12.1. The van der Waals surface area contributed by atoms with Crippen molar-refractivity contribution < 1.29 is 9.53 Å². The summed E-state index contributed by atoms with van der Waals surface area (Å²) in [5.74, 6) is 0.193.